The molecule has 0 aromatic heterocycles. The van der Waals surface area contributed by atoms with Crippen molar-refractivity contribution in [3.63, 3.8) is 0 Å². The second kappa shape index (κ2) is 9.76. The van der Waals surface area contributed by atoms with E-state index in [1.807, 2.05) is 24.3 Å². The molecule has 6 nitrogen and oxygen atoms in total. The van der Waals surface area contributed by atoms with Gasteiger partial charge in [0.05, 0.1) is 18.4 Å². The van der Waals surface area contributed by atoms with Crippen LogP contribution >= 0.6 is 0 Å². The van der Waals surface area contributed by atoms with Crippen LogP contribution in [0.25, 0.3) is 0 Å². The van der Waals surface area contributed by atoms with Gasteiger partial charge >= 0.3 is 16.6 Å². The number of nitrogens with zero attached hydrogens (tertiary/aromatic N) is 1. The molecule has 1 saturated heterocycles. The van der Waals surface area contributed by atoms with E-state index in [4.69, 9.17) is 4.74 Å². The second-order valence-corrected chi connectivity index (χ2v) is 10.5. The smallest absolute Gasteiger partial charge is 0.406 e. The minimum absolute atomic E-state index is 0.128. The highest BCUT2D eigenvalue weighted by molar-refractivity contribution is 7.90. The molecule has 36 heavy (non-hydrogen) atoms. The van der Waals surface area contributed by atoms with Gasteiger partial charge in [-0.05, 0) is 59.4 Å². The predicted octanol–water partition coefficient (Wildman–Crippen LogP) is 4.87. The molecule has 10 heteroatoms. The van der Waals surface area contributed by atoms with Crippen molar-refractivity contribution in [1.29, 1.82) is 0 Å². The standard InChI is InChI=1S/C26H25F3N2O4S/c27-26(28,29)35-21-13-11-20(12-14-21)30-36(32,33)31-15-16-34-24(17-31)25-22-7-3-1-5-18(22)9-10-19-6-2-4-8-23(19)25/h1-8,11-14,24-25,30H,9-10,15-17H2. The number of rotatable bonds is 5. The van der Waals surface area contributed by atoms with Gasteiger partial charge in [0.15, 0.2) is 0 Å². The van der Waals surface area contributed by atoms with Crippen LogP contribution in [0.15, 0.2) is 72.8 Å². The summed E-state index contributed by atoms with van der Waals surface area (Å²) < 4.78 is 77.4. The fraction of sp³-hybridized carbons (Fsp3) is 0.308. The van der Waals surface area contributed by atoms with Crippen molar-refractivity contribution in [3.05, 3.63) is 95.1 Å². The summed E-state index contributed by atoms with van der Waals surface area (Å²) in [6, 6.07) is 21.0. The summed E-state index contributed by atoms with van der Waals surface area (Å²) in [6.45, 7) is 0.528. The number of hydrogen-bond acceptors (Lipinski definition) is 4. The molecular weight excluding hydrogens is 493 g/mol. The Bertz CT molecular complexity index is 1280. The fourth-order valence-corrected chi connectivity index (χ4v) is 6.20. The summed E-state index contributed by atoms with van der Waals surface area (Å²) in [6.07, 6.45) is -3.43. The fourth-order valence-electron chi connectivity index (χ4n) is 4.98. The zero-order valence-corrected chi connectivity index (χ0v) is 20.1. The first-order valence-electron chi connectivity index (χ1n) is 11.6. The first-order chi connectivity index (χ1) is 17.2. The average Bonchev–Trinajstić information content (AvgIpc) is 3.01. The Labute approximate surface area is 207 Å². The van der Waals surface area contributed by atoms with E-state index in [2.05, 4.69) is 33.7 Å². The van der Waals surface area contributed by atoms with Crippen LogP contribution in [0.4, 0.5) is 18.9 Å². The Morgan fingerprint density at radius 1 is 0.889 bits per heavy atom. The van der Waals surface area contributed by atoms with Crippen LogP contribution < -0.4 is 9.46 Å². The summed E-state index contributed by atoms with van der Waals surface area (Å²) in [7, 11) is -3.98. The van der Waals surface area contributed by atoms with Gasteiger partial charge in [-0.2, -0.15) is 12.7 Å². The largest absolute Gasteiger partial charge is 0.573 e. The van der Waals surface area contributed by atoms with Gasteiger partial charge in [-0.1, -0.05) is 48.5 Å². The molecule has 5 rings (SSSR count). The summed E-state index contributed by atoms with van der Waals surface area (Å²) in [5, 5.41) is 0. The van der Waals surface area contributed by atoms with Crippen LogP contribution in [-0.4, -0.2) is 44.9 Å². The summed E-state index contributed by atoms with van der Waals surface area (Å²) in [4.78, 5) is 0. The minimum Gasteiger partial charge on any atom is -0.406 e. The van der Waals surface area contributed by atoms with E-state index in [1.54, 1.807) is 0 Å². The molecule has 1 unspecified atom stereocenters. The lowest BCUT2D eigenvalue weighted by Gasteiger charge is -2.37. The van der Waals surface area contributed by atoms with Crippen LogP contribution in [-0.2, 0) is 27.8 Å². The van der Waals surface area contributed by atoms with Crippen molar-refractivity contribution in [2.45, 2.75) is 31.2 Å². The van der Waals surface area contributed by atoms with E-state index in [9.17, 15) is 21.6 Å². The van der Waals surface area contributed by atoms with Gasteiger partial charge < -0.3 is 9.47 Å². The number of hydrogen-bond donors (Lipinski definition) is 1. The van der Waals surface area contributed by atoms with E-state index in [0.29, 0.717) is 0 Å². The first kappa shape index (κ1) is 24.6. The Morgan fingerprint density at radius 3 is 2.06 bits per heavy atom. The topological polar surface area (TPSA) is 67.9 Å². The number of ether oxygens (including phenoxy) is 2. The van der Waals surface area contributed by atoms with Crippen molar-refractivity contribution < 1.29 is 31.1 Å². The number of benzene rings is 3. The van der Waals surface area contributed by atoms with Crippen LogP contribution in [0.3, 0.4) is 0 Å². The molecule has 1 N–H and O–H groups in total. The molecule has 3 aromatic rings. The maximum absolute atomic E-state index is 13.2. The SMILES string of the molecule is O=S(=O)(Nc1ccc(OC(F)(F)F)cc1)N1CCOC(C2c3ccccc3CCc3ccccc32)C1. The van der Waals surface area contributed by atoms with Crippen molar-refractivity contribution in [2.24, 2.45) is 0 Å². The van der Waals surface area contributed by atoms with Gasteiger partial charge in [0.25, 0.3) is 0 Å². The highest BCUT2D eigenvalue weighted by atomic mass is 32.2. The molecular formula is C26H25F3N2O4S. The molecule has 0 spiro atoms. The zero-order chi connectivity index (χ0) is 25.3. The number of fused-ring (bicyclic) bond motifs is 2. The number of nitrogens with one attached hydrogen (secondary N) is 1. The van der Waals surface area contributed by atoms with E-state index in [-0.39, 0.29) is 31.3 Å². The maximum Gasteiger partial charge on any atom is 0.573 e. The molecule has 0 radical (unpaired) electrons. The van der Waals surface area contributed by atoms with Crippen LogP contribution in [0, 0.1) is 0 Å². The van der Waals surface area contributed by atoms with E-state index >= 15 is 0 Å². The van der Waals surface area contributed by atoms with E-state index < -0.39 is 28.4 Å². The first-order valence-corrected chi connectivity index (χ1v) is 13.0. The normalized spacial score (nSPS) is 19.1. The zero-order valence-electron chi connectivity index (χ0n) is 19.2. The molecule has 1 aliphatic heterocycles. The third kappa shape index (κ3) is 5.35. The lowest BCUT2D eigenvalue weighted by Crippen LogP contribution is -2.49. The molecule has 0 bridgehead atoms. The summed E-state index contributed by atoms with van der Waals surface area (Å²) >= 11 is 0. The Balaban J connectivity index is 1.38. The molecule has 0 saturated carbocycles. The van der Waals surface area contributed by atoms with Crippen molar-refractivity contribution in [1.82, 2.24) is 4.31 Å². The third-order valence-corrected chi connectivity index (χ3v) is 8.05. The summed E-state index contributed by atoms with van der Waals surface area (Å²) in [5.74, 6) is -0.556. The maximum atomic E-state index is 13.2. The Hall–Kier alpha value is -3.08. The van der Waals surface area contributed by atoms with Gasteiger partial charge in [0.2, 0.25) is 0 Å². The van der Waals surface area contributed by atoms with E-state index in [0.717, 1.165) is 36.1 Å². The van der Waals surface area contributed by atoms with Crippen LogP contribution in [0.1, 0.15) is 28.2 Å². The summed E-state index contributed by atoms with van der Waals surface area (Å²) in [5.41, 5.74) is 4.86. The number of morpholine rings is 1. The molecule has 0 amide bonds. The molecule has 3 aromatic carbocycles. The average molecular weight is 519 g/mol. The molecule has 1 atom stereocenters. The van der Waals surface area contributed by atoms with Crippen molar-refractivity contribution in [2.75, 3.05) is 24.4 Å². The van der Waals surface area contributed by atoms with Gasteiger partial charge in [-0.25, -0.2) is 0 Å². The molecule has 1 fully saturated rings. The highest BCUT2D eigenvalue weighted by Crippen LogP contribution is 2.39. The van der Waals surface area contributed by atoms with Crippen molar-refractivity contribution in [3.8, 4) is 5.75 Å². The van der Waals surface area contributed by atoms with Gasteiger partial charge in [0, 0.05) is 19.0 Å². The Morgan fingerprint density at radius 2 is 1.47 bits per heavy atom. The lowest BCUT2D eigenvalue weighted by atomic mass is 9.83. The van der Waals surface area contributed by atoms with Gasteiger partial charge in [-0.3, -0.25) is 4.72 Å². The number of halogens is 3. The number of aryl methyl sites for hydroxylation is 2. The highest BCUT2D eigenvalue weighted by Gasteiger charge is 2.37. The molecule has 1 aliphatic carbocycles. The van der Waals surface area contributed by atoms with Crippen LogP contribution in [0.5, 0.6) is 5.75 Å². The lowest BCUT2D eigenvalue weighted by molar-refractivity contribution is -0.274. The van der Waals surface area contributed by atoms with Gasteiger partial charge in [0.1, 0.15) is 5.75 Å². The monoisotopic (exact) mass is 518 g/mol. The Kier molecular flexibility index (Phi) is 6.67. The second-order valence-electron chi connectivity index (χ2n) is 8.82. The van der Waals surface area contributed by atoms with Crippen molar-refractivity contribution >= 4 is 15.9 Å². The van der Waals surface area contributed by atoms with Gasteiger partial charge in [-0.15, -0.1) is 13.2 Å². The quantitative estimate of drug-likeness (QED) is 0.523. The van der Waals surface area contributed by atoms with E-state index in [1.165, 1.54) is 27.6 Å². The third-order valence-electron chi connectivity index (χ3n) is 6.55. The predicted molar refractivity (Wildman–Crippen MR) is 129 cm³/mol. The minimum atomic E-state index is -4.82. The molecule has 1 heterocycles. The van der Waals surface area contributed by atoms with Crippen LogP contribution in [0.2, 0.25) is 0 Å². The molecule has 2 aliphatic rings. The molecule has 190 valence electrons. The number of anilines is 1. The number of alkyl halides is 3.